The predicted molar refractivity (Wildman–Crippen MR) is 107 cm³/mol. The Morgan fingerprint density at radius 2 is 1.93 bits per heavy atom. The van der Waals surface area contributed by atoms with Crippen molar-refractivity contribution >= 4 is 16.7 Å². The van der Waals surface area contributed by atoms with E-state index in [1.54, 1.807) is 6.07 Å². The number of benzene rings is 3. The molecule has 0 fully saturated rings. The van der Waals surface area contributed by atoms with Gasteiger partial charge in [-0.15, -0.1) is 0 Å². The third-order valence-corrected chi connectivity index (χ3v) is 4.42. The van der Waals surface area contributed by atoms with Gasteiger partial charge < -0.3 is 9.84 Å². The van der Waals surface area contributed by atoms with Crippen LogP contribution in [0.2, 0.25) is 0 Å². The zero-order chi connectivity index (χ0) is 19.2. The van der Waals surface area contributed by atoms with E-state index in [0.717, 1.165) is 0 Å². The second-order valence-electron chi connectivity index (χ2n) is 6.20. The van der Waals surface area contributed by atoms with Gasteiger partial charge in [-0.25, -0.2) is 4.79 Å². The molecule has 0 spiro atoms. The molecule has 3 aromatic carbocycles. The molecule has 27 heavy (non-hydrogen) atoms. The number of methoxy groups -OCH3 is 1. The number of rotatable bonds is 4. The fourth-order valence-electron chi connectivity index (χ4n) is 2.98. The van der Waals surface area contributed by atoms with Crippen LogP contribution in [0.5, 0.6) is 5.75 Å². The molecule has 0 aliphatic heterocycles. The van der Waals surface area contributed by atoms with Crippen LogP contribution in [0, 0.1) is 11.8 Å². The monoisotopic (exact) mass is 359 g/mol. The van der Waals surface area contributed by atoms with Gasteiger partial charge in [-0.3, -0.25) is 5.32 Å². The Morgan fingerprint density at radius 1 is 1.15 bits per heavy atom. The first kappa shape index (κ1) is 18.5. The molecule has 0 amide bonds. The first-order chi connectivity index (χ1) is 13.1. The summed E-state index contributed by atoms with van der Waals surface area (Å²) in [4.78, 5) is 11.6. The van der Waals surface area contributed by atoms with Crippen molar-refractivity contribution in [2.75, 3.05) is 13.7 Å². The highest BCUT2D eigenvalue weighted by Crippen LogP contribution is 2.24. The highest BCUT2D eigenvalue weighted by molar-refractivity contribution is 5.92. The number of esters is 1. The number of hydrogen-bond donors (Lipinski definition) is 2. The first-order valence-corrected chi connectivity index (χ1v) is 8.71. The summed E-state index contributed by atoms with van der Waals surface area (Å²) in [5.41, 5.74) is 1.99. The summed E-state index contributed by atoms with van der Waals surface area (Å²) >= 11 is 0. The Morgan fingerprint density at radius 3 is 2.74 bits per heavy atom. The maximum Gasteiger partial charge on any atom is 0.341 e. The number of hydrogen-bond acceptors (Lipinski definition) is 4. The van der Waals surface area contributed by atoms with Gasteiger partial charge in [0.1, 0.15) is 11.3 Å². The Kier molecular flexibility index (Phi) is 5.75. The molecular formula is C23H21NO3. The number of phenols is 1. The lowest BCUT2D eigenvalue weighted by molar-refractivity contribution is 0.0597. The van der Waals surface area contributed by atoms with Crippen molar-refractivity contribution in [1.82, 2.24) is 5.32 Å². The Bertz CT molecular complexity index is 1030. The Balaban J connectivity index is 1.69. The van der Waals surface area contributed by atoms with E-state index in [1.165, 1.54) is 35.6 Å². The molecule has 0 radical (unpaired) electrons. The normalized spacial score (nSPS) is 11.5. The number of ether oxygens (including phenoxy) is 1. The first-order valence-electron chi connectivity index (χ1n) is 8.71. The highest BCUT2D eigenvalue weighted by Gasteiger charge is 2.11. The third kappa shape index (κ3) is 4.28. The number of carbonyl (C=O) groups excluding carboxylic acids is 1. The minimum atomic E-state index is -0.584. The highest BCUT2D eigenvalue weighted by atomic mass is 16.5. The number of carbonyl (C=O) groups is 1. The molecule has 2 N–H and O–H groups in total. The van der Waals surface area contributed by atoms with Gasteiger partial charge in [0.25, 0.3) is 0 Å². The van der Waals surface area contributed by atoms with Gasteiger partial charge in [-0.05, 0) is 41.5 Å². The summed E-state index contributed by atoms with van der Waals surface area (Å²) in [7, 11) is 1.28. The second kappa shape index (κ2) is 8.39. The molecule has 0 aromatic heterocycles. The van der Waals surface area contributed by atoms with E-state index >= 15 is 0 Å². The fraction of sp³-hybridized carbons (Fsp3) is 0.174. The van der Waals surface area contributed by atoms with Crippen molar-refractivity contribution in [2.45, 2.75) is 13.0 Å². The van der Waals surface area contributed by atoms with Crippen molar-refractivity contribution in [2.24, 2.45) is 0 Å². The van der Waals surface area contributed by atoms with Crippen LogP contribution in [0.3, 0.4) is 0 Å². The lowest BCUT2D eigenvalue weighted by atomic mass is 10.00. The minimum Gasteiger partial charge on any atom is -0.507 e. The van der Waals surface area contributed by atoms with Crippen LogP contribution in [-0.2, 0) is 4.74 Å². The molecule has 136 valence electrons. The Labute approximate surface area is 158 Å². The fourth-order valence-corrected chi connectivity index (χ4v) is 2.98. The quantitative estimate of drug-likeness (QED) is 0.545. The molecule has 4 nitrogen and oxygen atoms in total. The van der Waals surface area contributed by atoms with Gasteiger partial charge in [0.05, 0.1) is 13.7 Å². The molecule has 3 aromatic rings. The topological polar surface area (TPSA) is 58.6 Å². The molecule has 0 heterocycles. The SMILES string of the molecule is COC(=O)c1cc(C#CCN[C@H](C)c2cccc3ccccc23)ccc1O. The number of phenolic OH excluding ortho intramolecular Hbond substituents is 1. The van der Waals surface area contributed by atoms with Crippen LogP contribution < -0.4 is 5.32 Å². The molecule has 0 saturated heterocycles. The van der Waals surface area contributed by atoms with E-state index < -0.39 is 5.97 Å². The van der Waals surface area contributed by atoms with Crippen LogP contribution in [0.1, 0.15) is 34.5 Å². The maximum atomic E-state index is 11.6. The summed E-state index contributed by atoms with van der Waals surface area (Å²) in [5, 5.41) is 15.6. The maximum absolute atomic E-state index is 11.6. The van der Waals surface area contributed by atoms with Gasteiger partial charge in [-0.1, -0.05) is 54.3 Å². The lowest BCUT2D eigenvalue weighted by Gasteiger charge is -2.15. The number of nitrogens with one attached hydrogen (secondary N) is 1. The van der Waals surface area contributed by atoms with Gasteiger partial charge in [0.2, 0.25) is 0 Å². The van der Waals surface area contributed by atoms with Gasteiger partial charge in [0.15, 0.2) is 0 Å². The largest absolute Gasteiger partial charge is 0.507 e. The van der Waals surface area contributed by atoms with Crippen LogP contribution in [0.15, 0.2) is 60.7 Å². The van der Waals surface area contributed by atoms with Crippen molar-refractivity contribution < 1.29 is 14.6 Å². The molecule has 0 unspecified atom stereocenters. The van der Waals surface area contributed by atoms with Gasteiger partial charge in [0, 0.05) is 11.6 Å². The zero-order valence-electron chi connectivity index (χ0n) is 15.3. The van der Waals surface area contributed by atoms with Crippen molar-refractivity contribution in [3.63, 3.8) is 0 Å². The molecule has 0 aliphatic rings. The molecule has 4 heteroatoms. The minimum absolute atomic E-state index is 0.112. The van der Waals surface area contributed by atoms with Crippen molar-refractivity contribution in [3.05, 3.63) is 77.4 Å². The third-order valence-electron chi connectivity index (χ3n) is 4.42. The summed E-state index contributed by atoms with van der Waals surface area (Å²) in [5.74, 6) is 5.36. The molecule has 3 rings (SSSR count). The average Bonchev–Trinajstić information content (AvgIpc) is 2.71. The number of fused-ring (bicyclic) bond motifs is 1. The van der Waals surface area contributed by atoms with Crippen LogP contribution in [0.25, 0.3) is 10.8 Å². The van der Waals surface area contributed by atoms with E-state index in [-0.39, 0.29) is 17.4 Å². The standard InChI is InChI=1S/C23H21NO3/c1-16(19-11-5-9-18-8-3-4-10-20(18)19)24-14-6-7-17-12-13-22(25)21(15-17)23(26)27-2/h3-5,8-13,15-16,24-25H,14H2,1-2H3/t16-/m1/s1. The van der Waals surface area contributed by atoms with E-state index in [1.807, 2.05) is 12.1 Å². The van der Waals surface area contributed by atoms with Gasteiger partial charge in [-0.2, -0.15) is 0 Å². The lowest BCUT2D eigenvalue weighted by Crippen LogP contribution is -2.19. The van der Waals surface area contributed by atoms with Crippen molar-refractivity contribution in [1.29, 1.82) is 0 Å². The molecular weight excluding hydrogens is 338 g/mol. The molecule has 0 saturated carbocycles. The van der Waals surface area contributed by atoms with E-state index in [2.05, 4.69) is 59.2 Å². The molecule has 1 atom stereocenters. The van der Waals surface area contributed by atoms with Crippen LogP contribution in [-0.4, -0.2) is 24.7 Å². The Hall–Kier alpha value is -3.29. The summed E-state index contributed by atoms with van der Waals surface area (Å²) < 4.78 is 4.65. The van der Waals surface area contributed by atoms with E-state index in [0.29, 0.717) is 12.1 Å². The summed E-state index contributed by atoms with van der Waals surface area (Å²) in [6.07, 6.45) is 0. The second-order valence-corrected chi connectivity index (χ2v) is 6.20. The zero-order valence-corrected chi connectivity index (χ0v) is 15.3. The van der Waals surface area contributed by atoms with Crippen LogP contribution in [0.4, 0.5) is 0 Å². The van der Waals surface area contributed by atoms with E-state index in [9.17, 15) is 9.90 Å². The van der Waals surface area contributed by atoms with E-state index in [4.69, 9.17) is 0 Å². The summed E-state index contributed by atoms with van der Waals surface area (Å²) in [6, 6.07) is 19.4. The summed E-state index contributed by atoms with van der Waals surface area (Å²) in [6.45, 7) is 2.61. The number of aromatic hydroxyl groups is 1. The predicted octanol–water partition coefficient (Wildman–Crippen LogP) is 4.03. The molecule has 0 bridgehead atoms. The van der Waals surface area contributed by atoms with Crippen LogP contribution >= 0.6 is 0 Å². The smallest absolute Gasteiger partial charge is 0.341 e. The average molecular weight is 359 g/mol. The van der Waals surface area contributed by atoms with Crippen molar-refractivity contribution in [3.8, 4) is 17.6 Å². The molecule has 0 aliphatic carbocycles. The van der Waals surface area contributed by atoms with Gasteiger partial charge >= 0.3 is 5.97 Å².